The lowest BCUT2D eigenvalue weighted by Gasteiger charge is -2.12. The van der Waals surface area contributed by atoms with Crippen molar-refractivity contribution in [2.24, 2.45) is 17.2 Å². The molecule has 0 fully saturated rings. The van der Waals surface area contributed by atoms with Crippen molar-refractivity contribution < 1.29 is 0 Å². The molecule has 3 heteroatoms. The van der Waals surface area contributed by atoms with Crippen LogP contribution < -0.4 is 17.2 Å². The second kappa shape index (κ2) is 5.10. The summed E-state index contributed by atoms with van der Waals surface area (Å²) in [5.41, 5.74) is 21.7. The van der Waals surface area contributed by atoms with Crippen molar-refractivity contribution in [3.05, 3.63) is 34.4 Å². The van der Waals surface area contributed by atoms with Crippen LogP contribution in [-0.4, -0.2) is 0 Å². The zero-order valence-electron chi connectivity index (χ0n) is 8.72. The minimum Gasteiger partial charge on any atom is -0.326 e. The molecule has 78 valence electrons. The molecule has 1 aromatic rings. The monoisotopic (exact) mass is 193 g/mol. The Labute approximate surface area is 85.3 Å². The van der Waals surface area contributed by atoms with Crippen LogP contribution in [0.15, 0.2) is 12.1 Å². The fourth-order valence-electron chi connectivity index (χ4n) is 1.69. The van der Waals surface area contributed by atoms with Crippen molar-refractivity contribution in [3.63, 3.8) is 0 Å². The third-order valence-electron chi connectivity index (χ3n) is 2.56. The Balaban J connectivity index is 3.20. The highest BCUT2D eigenvalue weighted by molar-refractivity contribution is 5.38. The van der Waals surface area contributed by atoms with Crippen molar-refractivity contribution in [2.45, 2.75) is 33.0 Å². The summed E-state index contributed by atoms with van der Waals surface area (Å²) in [6.07, 6.45) is 0.990. The average Bonchev–Trinajstić information content (AvgIpc) is 2.26. The number of aryl methyl sites for hydroxylation is 1. The molecule has 0 aliphatic heterocycles. The molecule has 0 spiro atoms. The SMILES string of the molecule is CCc1cc(CN)c(CN)cc1CN. The predicted molar refractivity (Wildman–Crippen MR) is 59.5 cm³/mol. The molecule has 1 aromatic carbocycles. The van der Waals surface area contributed by atoms with Crippen LogP contribution in [0.25, 0.3) is 0 Å². The minimum atomic E-state index is 0.531. The fraction of sp³-hybridized carbons (Fsp3) is 0.455. The van der Waals surface area contributed by atoms with Crippen LogP contribution >= 0.6 is 0 Å². The van der Waals surface area contributed by atoms with E-state index >= 15 is 0 Å². The third kappa shape index (κ3) is 2.12. The maximum atomic E-state index is 5.67. The van der Waals surface area contributed by atoms with E-state index in [4.69, 9.17) is 17.2 Å². The molecule has 0 aliphatic carbocycles. The van der Waals surface area contributed by atoms with Gasteiger partial charge in [-0.2, -0.15) is 0 Å². The molecule has 0 bridgehead atoms. The molecule has 0 saturated heterocycles. The average molecular weight is 193 g/mol. The van der Waals surface area contributed by atoms with Crippen LogP contribution in [0.2, 0.25) is 0 Å². The largest absolute Gasteiger partial charge is 0.326 e. The normalized spacial score (nSPS) is 10.6. The molecule has 14 heavy (non-hydrogen) atoms. The lowest BCUT2D eigenvalue weighted by Crippen LogP contribution is -2.10. The minimum absolute atomic E-state index is 0.531. The first-order valence-electron chi connectivity index (χ1n) is 5.00. The summed E-state index contributed by atoms with van der Waals surface area (Å²) in [4.78, 5) is 0. The van der Waals surface area contributed by atoms with Crippen molar-refractivity contribution in [1.29, 1.82) is 0 Å². The number of hydrogen-bond acceptors (Lipinski definition) is 3. The van der Waals surface area contributed by atoms with Crippen LogP contribution in [0.3, 0.4) is 0 Å². The Kier molecular flexibility index (Phi) is 4.07. The highest BCUT2D eigenvalue weighted by Crippen LogP contribution is 2.17. The van der Waals surface area contributed by atoms with E-state index in [0.29, 0.717) is 19.6 Å². The van der Waals surface area contributed by atoms with Gasteiger partial charge in [0.05, 0.1) is 0 Å². The molecule has 3 nitrogen and oxygen atoms in total. The van der Waals surface area contributed by atoms with Gasteiger partial charge >= 0.3 is 0 Å². The first kappa shape index (κ1) is 11.2. The summed E-state index contributed by atoms with van der Waals surface area (Å²) in [6.45, 7) is 3.77. The van der Waals surface area contributed by atoms with Crippen molar-refractivity contribution >= 4 is 0 Å². The molecule has 0 radical (unpaired) electrons. The molecule has 0 aliphatic rings. The van der Waals surface area contributed by atoms with Gasteiger partial charge in [0.15, 0.2) is 0 Å². The summed E-state index contributed by atoms with van der Waals surface area (Å²) in [5.74, 6) is 0. The van der Waals surface area contributed by atoms with Crippen LogP contribution in [0, 0.1) is 0 Å². The van der Waals surface area contributed by atoms with Crippen LogP contribution in [-0.2, 0) is 26.1 Å². The summed E-state index contributed by atoms with van der Waals surface area (Å²) in [5, 5.41) is 0. The maximum Gasteiger partial charge on any atom is 0.0181 e. The van der Waals surface area contributed by atoms with Gasteiger partial charge in [-0.1, -0.05) is 19.1 Å². The highest BCUT2D eigenvalue weighted by Gasteiger charge is 2.05. The van der Waals surface area contributed by atoms with Crippen molar-refractivity contribution in [2.75, 3.05) is 0 Å². The van der Waals surface area contributed by atoms with Crippen molar-refractivity contribution in [1.82, 2.24) is 0 Å². The molecular formula is C11H19N3. The van der Waals surface area contributed by atoms with Gasteiger partial charge in [-0.25, -0.2) is 0 Å². The lowest BCUT2D eigenvalue weighted by molar-refractivity contribution is 0.933. The van der Waals surface area contributed by atoms with Crippen LogP contribution in [0.1, 0.15) is 29.2 Å². The molecule has 0 atom stereocenters. The van der Waals surface area contributed by atoms with Gasteiger partial charge in [0.25, 0.3) is 0 Å². The van der Waals surface area contributed by atoms with E-state index in [1.54, 1.807) is 0 Å². The molecule has 0 heterocycles. The first-order valence-corrected chi connectivity index (χ1v) is 5.00. The summed E-state index contributed by atoms with van der Waals surface area (Å²) >= 11 is 0. The third-order valence-corrected chi connectivity index (χ3v) is 2.56. The molecule has 6 N–H and O–H groups in total. The van der Waals surface area contributed by atoms with E-state index in [-0.39, 0.29) is 0 Å². The zero-order chi connectivity index (χ0) is 10.6. The molecular weight excluding hydrogens is 174 g/mol. The van der Waals surface area contributed by atoms with Crippen LogP contribution in [0.4, 0.5) is 0 Å². The lowest BCUT2D eigenvalue weighted by atomic mass is 9.97. The summed E-state index contributed by atoms with van der Waals surface area (Å²) in [6, 6.07) is 4.21. The summed E-state index contributed by atoms with van der Waals surface area (Å²) < 4.78 is 0. The molecule has 1 rings (SSSR count). The summed E-state index contributed by atoms with van der Waals surface area (Å²) in [7, 11) is 0. The van der Waals surface area contributed by atoms with E-state index in [1.807, 2.05) is 0 Å². The van der Waals surface area contributed by atoms with Gasteiger partial charge in [-0.15, -0.1) is 0 Å². The highest BCUT2D eigenvalue weighted by atomic mass is 14.6. The quantitative estimate of drug-likeness (QED) is 0.656. The van der Waals surface area contributed by atoms with Crippen molar-refractivity contribution in [3.8, 4) is 0 Å². The smallest absolute Gasteiger partial charge is 0.0181 e. The maximum absolute atomic E-state index is 5.67. The van der Waals surface area contributed by atoms with E-state index in [9.17, 15) is 0 Å². The van der Waals surface area contributed by atoms with Gasteiger partial charge in [0, 0.05) is 19.6 Å². The van der Waals surface area contributed by atoms with Gasteiger partial charge in [0.1, 0.15) is 0 Å². The van der Waals surface area contributed by atoms with E-state index in [2.05, 4.69) is 19.1 Å². The number of rotatable bonds is 4. The Hall–Kier alpha value is -0.900. The van der Waals surface area contributed by atoms with Gasteiger partial charge in [-0.3, -0.25) is 0 Å². The van der Waals surface area contributed by atoms with Gasteiger partial charge in [-0.05, 0) is 28.7 Å². The van der Waals surface area contributed by atoms with Crippen LogP contribution in [0.5, 0.6) is 0 Å². The fourth-order valence-corrected chi connectivity index (χ4v) is 1.69. The standard InChI is InChI=1S/C11H19N3/c1-2-8-3-10(6-13)11(7-14)4-9(8)5-12/h3-4H,2,5-7,12-14H2,1H3. The Morgan fingerprint density at radius 1 is 0.786 bits per heavy atom. The topological polar surface area (TPSA) is 78.1 Å². The first-order chi connectivity index (χ1) is 6.76. The van der Waals surface area contributed by atoms with E-state index in [0.717, 1.165) is 17.5 Å². The Morgan fingerprint density at radius 2 is 1.14 bits per heavy atom. The number of nitrogens with two attached hydrogens (primary N) is 3. The van der Waals surface area contributed by atoms with Gasteiger partial charge in [0.2, 0.25) is 0 Å². The number of benzene rings is 1. The molecule has 0 unspecified atom stereocenters. The molecule has 0 aromatic heterocycles. The molecule has 0 saturated carbocycles. The van der Waals surface area contributed by atoms with Gasteiger partial charge < -0.3 is 17.2 Å². The zero-order valence-corrected chi connectivity index (χ0v) is 8.72. The Morgan fingerprint density at radius 3 is 1.50 bits per heavy atom. The second-order valence-electron chi connectivity index (χ2n) is 3.36. The predicted octanol–water partition coefficient (Wildman–Crippen LogP) is 0.625. The van der Waals surface area contributed by atoms with E-state index in [1.165, 1.54) is 11.1 Å². The van der Waals surface area contributed by atoms with E-state index < -0.39 is 0 Å². The second-order valence-corrected chi connectivity index (χ2v) is 3.36. The number of hydrogen-bond donors (Lipinski definition) is 3. The Bertz CT molecular complexity index is 249. The molecule has 0 amide bonds.